The summed E-state index contributed by atoms with van der Waals surface area (Å²) in [5.74, 6) is 0.0792. The number of benzene rings is 1. The first kappa shape index (κ1) is 15.9. The van der Waals surface area contributed by atoms with Gasteiger partial charge in [-0.2, -0.15) is 18.4 Å². The van der Waals surface area contributed by atoms with Crippen LogP contribution in [0.5, 0.6) is 0 Å². The van der Waals surface area contributed by atoms with Gasteiger partial charge in [-0.25, -0.2) is 0 Å². The fourth-order valence-electron chi connectivity index (χ4n) is 1.74. The Labute approximate surface area is 123 Å². The fraction of sp³-hybridized carbons (Fsp3) is 0.333. The summed E-state index contributed by atoms with van der Waals surface area (Å²) < 4.78 is 37.3. The molecule has 1 aromatic carbocycles. The molecule has 0 aliphatic heterocycles. The zero-order valence-corrected chi connectivity index (χ0v) is 11.6. The molecule has 7 nitrogen and oxygen atoms in total. The van der Waals surface area contributed by atoms with Gasteiger partial charge >= 0.3 is 6.18 Å². The van der Waals surface area contributed by atoms with Gasteiger partial charge in [0.1, 0.15) is 0 Å². The van der Waals surface area contributed by atoms with Crippen molar-refractivity contribution in [1.29, 1.82) is 0 Å². The molecule has 2 N–H and O–H groups in total. The third kappa shape index (κ3) is 4.52. The summed E-state index contributed by atoms with van der Waals surface area (Å²) in [6, 6.07) is 4.25. The van der Waals surface area contributed by atoms with Crippen molar-refractivity contribution >= 4 is 11.6 Å². The summed E-state index contributed by atoms with van der Waals surface area (Å²) in [5.41, 5.74) is -0.467. The molecule has 0 atom stereocenters. The predicted molar refractivity (Wildman–Crippen MR) is 70.6 cm³/mol. The second-order valence-corrected chi connectivity index (χ2v) is 4.62. The average molecular weight is 314 g/mol. The summed E-state index contributed by atoms with van der Waals surface area (Å²) in [7, 11) is 1.68. The minimum absolute atomic E-state index is 0.0373. The summed E-state index contributed by atoms with van der Waals surface area (Å²) in [6.45, 7) is 0.354. The molecule has 0 saturated carbocycles. The van der Waals surface area contributed by atoms with Crippen LogP contribution in [0.25, 0.3) is 0 Å². The second kappa shape index (κ2) is 6.52. The molecular formula is C12H13F3N6O. The molecule has 0 aliphatic carbocycles. The van der Waals surface area contributed by atoms with Crippen LogP contribution in [-0.2, 0) is 17.5 Å². The maximum Gasteiger partial charge on any atom is 0.416 e. The molecule has 0 bridgehead atoms. The van der Waals surface area contributed by atoms with Gasteiger partial charge in [0.25, 0.3) is 0 Å². The Kier molecular flexibility index (Phi) is 4.71. The van der Waals surface area contributed by atoms with E-state index in [-0.39, 0.29) is 12.5 Å². The van der Waals surface area contributed by atoms with E-state index in [0.717, 1.165) is 12.1 Å². The maximum absolute atomic E-state index is 12.4. The quantitative estimate of drug-likeness (QED) is 0.868. The van der Waals surface area contributed by atoms with Gasteiger partial charge < -0.3 is 5.32 Å². The largest absolute Gasteiger partial charge is 0.416 e. The highest BCUT2D eigenvalue weighted by Crippen LogP contribution is 2.29. The third-order valence-electron chi connectivity index (χ3n) is 2.71. The molecule has 0 aliphatic rings. The van der Waals surface area contributed by atoms with Crippen LogP contribution in [0, 0.1) is 0 Å². The number of hydrogen-bond acceptors (Lipinski definition) is 5. The number of aromatic amines is 1. The molecule has 10 heteroatoms. The standard InChI is InChI=1S/C12H13F3N6O/c1-21(6-10-17-19-20-18-10)7-11(22)16-9-4-2-8(3-5-9)12(13,14)15/h2-5H,6-7H2,1H3,(H,16,22)(H,17,18,19,20). The number of aromatic nitrogens is 4. The van der Waals surface area contributed by atoms with E-state index in [4.69, 9.17) is 0 Å². The SMILES string of the molecule is CN(CC(=O)Nc1ccc(C(F)(F)F)cc1)Cc1nn[nH]n1. The molecule has 0 unspecified atom stereocenters. The topological polar surface area (TPSA) is 86.8 Å². The highest BCUT2D eigenvalue weighted by Gasteiger charge is 2.29. The van der Waals surface area contributed by atoms with Crippen molar-refractivity contribution in [2.45, 2.75) is 12.7 Å². The number of tetrazole rings is 1. The molecular weight excluding hydrogens is 301 g/mol. The molecule has 2 aromatic rings. The van der Waals surface area contributed by atoms with Crippen LogP contribution in [0.15, 0.2) is 24.3 Å². The maximum atomic E-state index is 12.4. The second-order valence-electron chi connectivity index (χ2n) is 4.62. The number of carbonyl (C=O) groups excluding carboxylic acids is 1. The van der Waals surface area contributed by atoms with Gasteiger partial charge in [-0.1, -0.05) is 5.21 Å². The number of alkyl halides is 3. The van der Waals surface area contributed by atoms with E-state index in [0.29, 0.717) is 18.1 Å². The molecule has 0 radical (unpaired) electrons. The number of halogens is 3. The van der Waals surface area contributed by atoms with E-state index in [1.165, 1.54) is 12.1 Å². The summed E-state index contributed by atoms with van der Waals surface area (Å²) in [4.78, 5) is 13.4. The van der Waals surface area contributed by atoms with Gasteiger partial charge in [0.15, 0.2) is 5.82 Å². The minimum Gasteiger partial charge on any atom is -0.325 e. The Bertz CT molecular complexity index is 611. The Morgan fingerprint density at radius 2 is 2.00 bits per heavy atom. The number of likely N-dealkylation sites (N-methyl/N-ethyl adjacent to an activating group) is 1. The van der Waals surface area contributed by atoms with Gasteiger partial charge in [-0.15, -0.1) is 10.2 Å². The molecule has 2 rings (SSSR count). The number of nitrogens with one attached hydrogen (secondary N) is 2. The third-order valence-corrected chi connectivity index (χ3v) is 2.71. The Hall–Kier alpha value is -2.49. The fourth-order valence-corrected chi connectivity index (χ4v) is 1.74. The molecule has 0 fully saturated rings. The van der Waals surface area contributed by atoms with Crippen molar-refractivity contribution in [2.24, 2.45) is 0 Å². The molecule has 0 saturated heterocycles. The lowest BCUT2D eigenvalue weighted by Crippen LogP contribution is -2.30. The lowest BCUT2D eigenvalue weighted by atomic mass is 10.2. The molecule has 0 spiro atoms. The number of nitrogens with zero attached hydrogens (tertiary/aromatic N) is 4. The van der Waals surface area contributed by atoms with E-state index in [9.17, 15) is 18.0 Å². The first-order valence-corrected chi connectivity index (χ1v) is 6.22. The van der Waals surface area contributed by atoms with Crippen molar-refractivity contribution in [3.05, 3.63) is 35.7 Å². The molecule has 1 aromatic heterocycles. The monoisotopic (exact) mass is 314 g/mol. The van der Waals surface area contributed by atoms with E-state index in [1.807, 2.05) is 0 Å². The van der Waals surface area contributed by atoms with Crippen molar-refractivity contribution < 1.29 is 18.0 Å². The van der Waals surface area contributed by atoms with Crippen molar-refractivity contribution in [3.8, 4) is 0 Å². The average Bonchev–Trinajstić information content (AvgIpc) is 2.90. The first-order valence-electron chi connectivity index (χ1n) is 6.22. The summed E-state index contributed by atoms with van der Waals surface area (Å²) >= 11 is 0. The molecule has 118 valence electrons. The number of anilines is 1. The number of hydrogen-bond donors (Lipinski definition) is 2. The molecule has 1 heterocycles. The minimum atomic E-state index is -4.40. The highest BCUT2D eigenvalue weighted by molar-refractivity contribution is 5.92. The number of H-pyrrole nitrogens is 1. The van der Waals surface area contributed by atoms with Gasteiger partial charge in [0.2, 0.25) is 5.91 Å². The lowest BCUT2D eigenvalue weighted by Gasteiger charge is -2.14. The zero-order chi connectivity index (χ0) is 16.2. The summed E-state index contributed by atoms with van der Waals surface area (Å²) in [5, 5.41) is 15.7. The zero-order valence-electron chi connectivity index (χ0n) is 11.6. The van der Waals surface area contributed by atoms with E-state index in [1.54, 1.807) is 11.9 Å². The lowest BCUT2D eigenvalue weighted by molar-refractivity contribution is -0.137. The molecule has 1 amide bonds. The van der Waals surface area contributed by atoms with Crippen molar-refractivity contribution in [3.63, 3.8) is 0 Å². The van der Waals surface area contributed by atoms with Crippen LogP contribution in [0.4, 0.5) is 18.9 Å². The van der Waals surface area contributed by atoms with Crippen LogP contribution >= 0.6 is 0 Å². The van der Waals surface area contributed by atoms with Crippen molar-refractivity contribution in [1.82, 2.24) is 25.5 Å². The van der Waals surface area contributed by atoms with Crippen LogP contribution in [0.1, 0.15) is 11.4 Å². The predicted octanol–water partition coefficient (Wildman–Crippen LogP) is 1.29. The van der Waals surface area contributed by atoms with E-state index < -0.39 is 11.7 Å². The molecule has 22 heavy (non-hydrogen) atoms. The van der Waals surface area contributed by atoms with E-state index >= 15 is 0 Å². The van der Waals surface area contributed by atoms with Crippen LogP contribution in [0.3, 0.4) is 0 Å². The smallest absolute Gasteiger partial charge is 0.325 e. The Morgan fingerprint density at radius 1 is 1.32 bits per heavy atom. The normalized spacial score (nSPS) is 11.7. The Morgan fingerprint density at radius 3 is 2.55 bits per heavy atom. The Balaban J connectivity index is 1.86. The number of carbonyl (C=O) groups is 1. The first-order chi connectivity index (χ1) is 10.3. The van der Waals surface area contributed by atoms with Gasteiger partial charge in [0.05, 0.1) is 18.7 Å². The van der Waals surface area contributed by atoms with E-state index in [2.05, 4.69) is 25.9 Å². The number of amides is 1. The van der Waals surface area contributed by atoms with Gasteiger partial charge in [-0.3, -0.25) is 9.69 Å². The van der Waals surface area contributed by atoms with Crippen LogP contribution in [0.2, 0.25) is 0 Å². The van der Waals surface area contributed by atoms with Crippen molar-refractivity contribution in [2.75, 3.05) is 18.9 Å². The van der Waals surface area contributed by atoms with Gasteiger partial charge in [0, 0.05) is 5.69 Å². The van der Waals surface area contributed by atoms with Crippen LogP contribution < -0.4 is 5.32 Å². The number of rotatable bonds is 5. The van der Waals surface area contributed by atoms with Gasteiger partial charge in [-0.05, 0) is 31.3 Å². The van der Waals surface area contributed by atoms with Crippen LogP contribution in [-0.4, -0.2) is 45.0 Å². The summed E-state index contributed by atoms with van der Waals surface area (Å²) in [6.07, 6.45) is -4.40. The highest BCUT2D eigenvalue weighted by atomic mass is 19.4.